The number of anilines is 3. The van der Waals surface area contributed by atoms with E-state index in [4.69, 9.17) is 27.9 Å². The van der Waals surface area contributed by atoms with Crippen LogP contribution in [0, 0.1) is 0 Å². The lowest BCUT2D eigenvalue weighted by molar-refractivity contribution is -0.130. The van der Waals surface area contributed by atoms with Gasteiger partial charge in [0, 0.05) is 38.1 Å². The van der Waals surface area contributed by atoms with Crippen LogP contribution in [0.1, 0.15) is 34.3 Å². The first-order valence-electron chi connectivity index (χ1n) is 12.4. The summed E-state index contributed by atoms with van der Waals surface area (Å²) in [6, 6.07) is 11.3. The molecule has 1 fully saturated rings. The van der Waals surface area contributed by atoms with E-state index in [2.05, 4.69) is 32.3 Å². The van der Waals surface area contributed by atoms with Crippen molar-refractivity contribution in [1.29, 1.82) is 0 Å². The fraction of sp³-hybridized carbons (Fsp3) is 0.333. The Morgan fingerprint density at radius 1 is 1.18 bits per heavy atom. The van der Waals surface area contributed by atoms with Crippen molar-refractivity contribution in [3.05, 3.63) is 69.3 Å². The highest BCUT2D eigenvalue weighted by atomic mass is 35.5. The second-order valence-corrected chi connectivity index (χ2v) is 10.8. The Balaban J connectivity index is 1.20. The summed E-state index contributed by atoms with van der Waals surface area (Å²) in [7, 11) is 3.60. The number of halogens is 2. The van der Waals surface area contributed by atoms with Crippen molar-refractivity contribution in [2.45, 2.75) is 24.8 Å². The van der Waals surface area contributed by atoms with E-state index in [1.54, 1.807) is 37.2 Å². The SMILES string of the molecule is CN(C)C(=O)CN1CCc2cc(Nc3ncc4c(n3)OCN(c3c(Cl)cccc3Cl)C4=O)ccc2C12CC2. The van der Waals surface area contributed by atoms with Crippen LogP contribution in [-0.4, -0.2) is 65.5 Å². The molecule has 0 bridgehead atoms. The molecule has 3 heterocycles. The number of nitrogens with one attached hydrogen (secondary N) is 1. The second kappa shape index (κ2) is 9.41. The van der Waals surface area contributed by atoms with Gasteiger partial charge in [0.1, 0.15) is 5.56 Å². The Morgan fingerprint density at radius 2 is 1.95 bits per heavy atom. The first-order chi connectivity index (χ1) is 18.3. The molecule has 2 amide bonds. The van der Waals surface area contributed by atoms with Crippen LogP contribution in [0.15, 0.2) is 42.6 Å². The Bertz CT molecular complexity index is 1440. The number of carbonyl (C=O) groups excluding carboxylic acids is 2. The van der Waals surface area contributed by atoms with Crippen molar-refractivity contribution in [3.8, 4) is 5.88 Å². The van der Waals surface area contributed by atoms with Gasteiger partial charge in [-0.15, -0.1) is 0 Å². The maximum absolute atomic E-state index is 13.1. The van der Waals surface area contributed by atoms with Gasteiger partial charge in [-0.3, -0.25) is 19.4 Å². The lowest BCUT2D eigenvalue weighted by atomic mass is 9.90. The molecule has 196 valence electrons. The van der Waals surface area contributed by atoms with Crippen LogP contribution in [0.5, 0.6) is 5.88 Å². The van der Waals surface area contributed by atoms with Gasteiger partial charge < -0.3 is 15.0 Å². The zero-order valence-corrected chi connectivity index (χ0v) is 22.5. The number of benzene rings is 2. The topological polar surface area (TPSA) is 90.9 Å². The van der Waals surface area contributed by atoms with Gasteiger partial charge in [0.05, 0.1) is 22.3 Å². The summed E-state index contributed by atoms with van der Waals surface area (Å²) in [5.41, 5.74) is 3.98. The Kier molecular flexibility index (Phi) is 6.17. The minimum Gasteiger partial charge on any atom is -0.455 e. The summed E-state index contributed by atoms with van der Waals surface area (Å²) >= 11 is 12.6. The van der Waals surface area contributed by atoms with Crippen LogP contribution < -0.4 is 15.0 Å². The van der Waals surface area contributed by atoms with Gasteiger partial charge in [-0.2, -0.15) is 4.98 Å². The first-order valence-corrected chi connectivity index (χ1v) is 13.1. The lowest BCUT2D eigenvalue weighted by Crippen LogP contribution is -2.46. The molecule has 1 saturated carbocycles. The number of carbonyl (C=O) groups is 2. The molecule has 0 saturated heterocycles. The molecule has 1 spiro atoms. The maximum Gasteiger partial charge on any atom is 0.268 e. The molecular formula is C27H26Cl2N6O3. The van der Waals surface area contributed by atoms with Gasteiger partial charge in [-0.05, 0) is 54.7 Å². The number of fused-ring (bicyclic) bond motifs is 3. The number of hydrogen-bond donors (Lipinski definition) is 1. The highest BCUT2D eigenvalue weighted by Crippen LogP contribution is 2.54. The number of rotatable bonds is 5. The first kappa shape index (κ1) is 24.9. The van der Waals surface area contributed by atoms with Crippen LogP contribution in [0.3, 0.4) is 0 Å². The van der Waals surface area contributed by atoms with Crippen LogP contribution in [-0.2, 0) is 16.8 Å². The molecule has 9 nitrogen and oxygen atoms in total. The highest BCUT2D eigenvalue weighted by Gasteiger charge is 2.52. The molecule has 3 aliphatic rings. The van der Waals surface area contributed by atoms with Gasteiger partial charge in [-0.1, -0.05) is 35.3 Å². The average Bonchev–Trinajstić information content (AvgIpc) is 3.68. The fourth-order valence-corrected chi connectivity index (χ4v) is 5.87. The van der Waals surface area contributed by atoms with E-state index in [1.807, 2.05) is 6.07 Å². The molecule has 1 N–H and O–H groups in total. The summed E-state index contributed by atoms with van der Waals surface area (Å²) in [5.74, 6) is 0.314. The zero-order valence-electron chi connectivity index (χ0n) is 21.0. The summed E-state index contributed by atoms with van der Waals surface area (Å²) in [5, 5.41) is 3.95. The molecule has 11 heteroatoms. The monoisotopic (exact) mass is 552 g/mol. The Hall–Kier alpha value is -3.40. The largest absolute Gasteiger partial charge is 0.455 e. The van der Waals surface area contributed by atoms with Crippen molar-refractivity contribution in [1.82, 2.24) is 19.8 Å². The van der Waals surface area contributed by atoms with Crippen LogP contribution in [0.2, 0.25) is 10.0 Å². The van der Waals surface area contributed by atoms with E-state index in [0.717, 1.165) is 31.5 Å². The average molecular weight is 553 g/mol. The van der Waals surface area contributed by atoms with Gasteiger partial charge in [0.25, 0.3) is 5.91 Å². The number of aromatic nitrogens is 2. The maximum atomic E-state index is 13.1. The predicted octanol–water partition coefficient (Wildman–Crippen LogP) is 4.46. The molecule has 0 unspecified atom stereocenters. The molecule has 2 aliphatic heterocycles. The van der Waals surface area contributed by atoms with Crippen LogP contribution in [0.25, 0.3) is 0 Å². The summed E-state index contributed by atoms with van der Waals surface area (Å²) in [4.78, 5) is 39.6. The van der Waals surface area contributed by atoms with Crippen LogP contribution in [0.4, 0.5) is 17.3 Å². The Labute approximate surface area is 230 Å². The van der Waals surface area contributed by atoms with E-state index in [-0.39, 0.29) is 35.5 Å². The molecule has 0 radical (unpaired) electrons. The van der Waals surface area contributed by atoms with Crippen molar-refractivity contribution in [2.75, 3.05) is 44.1 Å². The molecule has 1 aromatic heterocycles. The highest BCUT2D eigenvalue weighted by molar-refractivity contribution is 6.40. The standard InChI is InChI=1S/C27H26Cl2N6O3/c1-33(2)22(36)14-34-11-8-16-12-17(6-7-19(16)27(34)9-10-27)31-26-30-13-18-24(32-26)38-15-35(25(18)37)23-20(28)4-3-5-21(23)29/h3-7,12-13H,8-11,14-15H2,1-2H3,(H,30,31,32). The van der Waals surface area contributed by atoms with E-state index in [9.17, 15) is 9.59 Å². The van der Waals surface area contributed by atoms with Crippen LogP contribution >= 0.6 is 23.2 Å². The zero-order chi connectivity index (χ0) is 26.6. The van der Waals surface area contributed by atoms with Crippen molar-refractivity contribution in [3.63, 3.8) is 0 Å². The summed E-state index contributed by atoms with van der Waals surface area (Å²) in [6.45, 7) is 1.21. The minimum atomic E-state index is -0.339. The van der Waals surface area contributed by atoms with Gasteiger partial charge in [-0.25, -0.2) is 4.98 Å². The second-order valence-electron chi connectivity index (χ2n) is 9.98. The smallest absolute Gasteiger partial charge is 0.268 e. The molecule has 6 rings (SSSR count). The quantitative estimate of drug-likeness (QED) is 0.499. The molecule has 1 aliphatic carbocycles. The molecule has 2 aromatic carbocycles. The lowest BCUT2D eigenvalue weighted by Gasteiger charge is -2.38. The number of likely N-dealkylation sites (N-methyl/N-ethyl adjacent to an activating group) is 1. The van der Waals surface area contributed by atoms with Gasteiger partial charge in [0.2, 0.25) is 17.7 Å². The number of amides is 2. The number of ether oxygens (including phenoxy) is 1. The molecule has 3 aromatic rings. The van der Waals surface area contributed by atoms with Crippen molar-refractivity contribution in [2.24, 2.45) is 0 Å². The number of hydrogen-bond acceptors (Lipinski definition) is 7. The summed E-state index contributed by atoms with van der Waals surface area (Å²) < 4.78 is 5.80. The van der Waals surface area contributed by atoms with Gasteiger partial charge in [0.15, 0.2) is 6.73 Å². The fourth-order valence-electron chi connectivity index (χ4n) is 5.27. The van der Waals surface area contributed by atoms with Crippen molar-refractivity contribution < 1.29 is 14.3 Å². The van der Waals surface area contributed by atoms with E-state index < -0.39 is 0 Å². The molecule has 0 atom stereocenters. The van der Waals surface area contributed by atoms with E-state index >= 15 is 0 Å². The molecular weight excluding hydrogens is 527 g/mol. The van der Waals surface area contributed by atoms with E-state index in [1.165, 1.54) is 22.2 Å². The summed E-state index contributed by atoms with van der Waals surface area (Å²) in [6.07, 6.45) is 4.42. The number of nitrogens with zero attached hydrogens (tertiary/aromatic N) is 5. The minimum absolute atomic E-state index is 0.0370. The normalized spacial score (nSPS) is 17.5. The third-order valence-electron chi connectivity index (χ3n) is 7.43. The predicted molar refractivity (Wildman–Crippen MR) is 145 cm³/mol. The third kappa shape index (κ3) is 4.24. The Morgan fingerprint density at radius 3 is 2.66 bits per heavy atom. The molecule has 38 heavy (non-hydrogen) atoms. The third-order valence-corrected chi connectivity index (χ3v) is 8.04. The number of para-hydroxylation sites is 1. The van der Waals surface area contributed by atoms with Crippen molar-refractivity contribution >= 4 is 52.3 Å². The van der Waals surface area contributed by atoms with Gasteiger partial charge >= 0.3 is 0 Å². The van der Waals surface area contributed by atoms with E-state index in [0.29, 0.717) is 28.2 Å².